The number of amides is 1. The van der Waals surface area contributed by atoms with Gasteiger partial charge in [-0.3, -0.25) is 4.79 Å². The number of hydrogen-bond acceptors (Lipinski definition) is 2. The van der Waals surface area contributed by atoms with Crippen LogP contribution >= 0.6 is 0 Å². The Hall–Kier alpha value is -0.570. The van der Waals surface area contributed by atoms with Crippen molar-refractivity contribution in [1.29, 1.82) is 0 Å². The van der Waals surface area contributed by atoms with Gasteiger partial charge in [0.25, 0.3) is 0 Å². The highest BCUT2D eigenvalue weighted by Gasteiger charge is 2.37. The molecule has 1 saturated heterocycles. The average molecular weight is 168 g/mol. The Morgan fingerprint density at radius 1 is 1.33 bits per heavy atom. The second-order valence-electron chi connectivity index (χ2n) is 4.05. The van der Waals surface area contributed by atoms with Crippen LogP contribution in [-0.2, 0) is 4.79 Å². The number of carbonyl (C=O) groups excluding carboxylic acids is 1. The Kier molecular flexibility index (Phi) is 2.05. The van der Waals surface area contributed by atoms with E-state index in [1.807, 2.05) is 0 Å². The van der Waals surface area contributed by atoms with Gasteiger partial charge in [0.15, 0.2) is 0 Å². The summed E-state index contributed by atoms with van der Waals surface area (Å²) in [7, 11) is 0. The van der Waals surface area contributed by atoms with Crippen LogP contribution in [0.1, 0.15) is 19.8 Å². The minimum atomic E-state index is 0.118. The van der Waals surface area contributed by atoms with Crippen LogP contribution in [0.2, 0.25) is 0 Å². The van der Waals surface area contributed by atoms with Gasteiger partial charge in [-0.1, -0.05) is 0 Å². The van der Waals surface area contributed by atoms with Crippen molar-refractivity contribution in [3.05, 3.63) is 0 Å². The molecule has 3 heteroatoms. The zero-order chi connectivity index (χ0) is 8.55. The lowest BCUT2D eigenvalue weighted by Gasteiger charge is -2.11. The Morgan fingerprint density at radius 2 is 1.92 bits per heavy atom. The van der Waals surface area contributed by atoms with Gasteiger partial charge in [0.1, 0.15) is 0 Å². The number of fused-ring (bicyclic) bond motifs is 1. The molecule has 0 spiro atoms. The minimum Gasteiger partial charge on any atom is -0.354 e. The van der Waals surface area contributed by atoms with E-state index in [9.17, 15) is 4.79 Å². The van der Waals surface area contributed by atoms with Crippen molar-refractivity contribution in [2.75, 3.05) is 13.1 Å². The van der Waals surface area contributed by atoms with E-state index in [2.05, 4.69) is 10.6 Å². The van der Waals surface area contributed by atoms with Crippen LogP contribution in [0, 0.1) is 11.8 Å². The van der Waals surface area contributed by atoms with Crippen molar-refractivity contribution in [3.63, 3.8) is 0 Å². The van der Waals surface area contributed by atoms with Crippen LogP contribution in [-0.4, -0.2) is 25.0 Å². The summed E-state index contributed by atoms with van der Waals surface area (Å²) in [6, 6.07) is 0.458. The quantitative estimate of drug-likeness (QED) is 0.584. The van der Waals surface area contributed by atoms with Crippen molar-refractivity contribution >= 4 is 5.91 Å². The molecule has 1 heterocycles. The zero-order valence-electron chi connectivity index (χ0n) is 7.47. The highest BCUT2D eigenvalue weighted by molar-refractivity contribution is 5.73. The molecule has 1 aliphatic carbocycles. The predicted octanol–water partition coefficient (Wildman–Crippen LogP) is 0.120. The van der Waals surface area contributed by atoms with E-state index in [1.165, 1.54) is 12.8 Å². The third-order valence-corrected chi connectivity index (χ3v) is 3.06. The third kappa shape index (κ3) is 1.46. The smallest absolute Gasteiger partial charge is 0.217 e. The van der Waals surface area contributed by atoms with Crippen molar-refractivity contribution in [3.8, 4) is 0 Å². The second kappa shape index (κ2) is 3.05. The topological polar surface area (TPSA) is 41.1 Å². The van der Waals surface area contributed by atoms with Crippen molar-refractivity contribution in [1.82, 2.24) is 10.6 Å². The molecule has 2 N–H and O–H groups in total. The zero-order valence-corrected chi connectivity index (χ0v) is 7.47. The van der Waals surface area contributed by atoms with E-state index in [1.54, 1.807) is 6.92 Å². The van der Waals surface area contributed by atoms with Gasteiger partial charge in [0.2, 0.25) is 5.91 Å². The maximum atomic E-state index is 10.8. The van der Waals surface area contributed by atoms with Crippen molar-refractivity contribution in [2.45, 2.75) is 25.8 Å². The van der Waals surface area contributed by atoms with Crippen LogP contribution in [0.3, 0.4) is 0 Å². The number of hydrogen-bond donors (Lipinski definition) is 2. The molecule has 3 atom stereocenters. The molecule has 0 unspecified atom stereocenters. The highest BCUT2D eigenvalue weighted by atomic mass is 16.1. The minimum absolute atomic E-state index is 0.118. The van der Waals surface area contributed by atoms with Crippen LogP contribution in [0.5, 0.6) is 0 Å². The molecular formula is C9H16N2O. The fourth-order valence-corrected chi connectivity index (χ4v) is 2.57. The molecule has 68 valence electrons. The fourth-order valence-electron chi connectivity index (χ4n) is 2.57. The summed E-state index contributed by atoms with van der Waals surface area (Å²) in [4.78, 5) is 10.8. The molecule has 2 rings (SSSR count). The standard InChI is InChI=1S/C9H16N2O/c1-6(12)11-9-2-7-4-10-5-8(7)3-9/h7-10H,2-5H2,1H3,(H,11,12)/t7-,8+,9+. The first kappa shape index (κ1) is 8.05. The van der Waals surface area contributed by atoms with E-state index in [0.29, 0.717) is 6.04 Å². The Bertz CT molecular complexity index is 181. The summed E-state index contributed by atoms with van der Waals surface area (Å²) in [5.41, 5.74) is 0. The number of carbonyl (C=O) groups is 1. The average Bonchev–Trinajstić information content (AvgIpc) is 2.43. The van der Waals surface area contributed by atoms with Gasteiger partial charge in [-0.25, -0.2) is 0 Å². The molecule has 0 aromatic rings. The molecule has 0 radical (unpaired) electrons. The van der Waals surface area contributed by atoms with Crippen LogP contribution < -0.4 is 10.6 Å². The van der Waals surface area contributed by atoms with Gasteiger partial charge in [0, 0.05) is 13.0 Å². The van der Waals surface area contributed by atoms with Gasteiger partial charge in [0.05, 0.1) is 0 Å². The first-order chi connectivity index (χ1) is 5.75. The lowest BCUT2D eigenvalue weighted by atomic mass is 10.0. The number of rotatable bonds is 1. The maximum Gasteiger partial charge on any atom is 0.217 e. The molecule has 0 aromatic heterocycles. The molecule has 3 nitrogen and oxygen atoms in total. The van der Waals surface area contributed by atoms with Gasteiger partial charge >= 0.3 is 0 Å². The molecule has 0 bridgehead atoms. The largest absolute Gasteiger partial charge is 0.354 e. The van der Waals surface area contributed by atoms with Crippen LogP contribution in [0.25, 0.3) is 0 Å². The summed E-state index contributed by atoms with van der Waals surface area (Å²) >= 11 is 0. The molecule has 1 saturated carbocycles. The van der Waals surface area contributed by atoms with E-state index in [0.717, 1.165) is 24.9 Å². The van der Waals surface area contributed by atoms with Gasteiger partial charge in [-0.05, 0) is 37.8 Å². The van der Waals surface area contributed by atoms with Crippen LogP contribution in [0.15, 0.2) is 0 Å². The maximum absolute atomic E-state index is 10.8. The summed E-state index contributed by atoms with van der Waals surface area (Å²) in [5.74, 6) is 1.76. The van der Waals surface area contributed by atoms with Crippen LogP contribution in [0.4, 0.5) is 0 Å². The summed E-state index contributed by atoms with van der Waals surface area (Å²) in [6.45, 7) is 3.91. The van der Waals surface area contributed by atoms with Gasteiger partial charge < -0.3 is 10.6 Å². The first-order valence-electron chi connectivity index (χ1n) is 4.73. The van der Waals surface area contributed by atoms with Crippen molar-refractivity contribution in [2.24, 2.45) is 11.8 Å². The van der Waals surface area contributed by atoms with E-state index in [4.69, 9.17) is 0 Å². The van der Waals surface area contributed by atoms with Crippen molar-refractivity contribution < 1.29 is 4.79 Å². The predicted molar refractivity (Wildman–Crippen MR) is 46.7 cm³/mol. The summed E-state index contributed by atoms with van der Waals surface area (Å²) in [6.07, 6.45) is 2.36. The molecule has 1 amide bonds. The molecule has 2 aliphatic rings. The monoisotopic (exact) mass is 168 g/mol. The third-order valence-electron chi connectivity index (χ3n) is 3.06. The molecule has 1 aliphatic heterocycles. The fraction of sp³-hybridized carbons (Fsp3) is 0.889. The van der Waals surface area contributed by atoms with E-state index in [-0.39, 0.29) is 5.91 Å². The molecule has 12 heavy (non-hydrogen) atoms. The normalized spacial score (nSPS) is 39.6. The Labute approximate surface area is 72.9 Å². The lowest BCUT2D eigenvalue weighted by molar-refractivity contribution is -0.119. The molecule has 2 fully saturated rings. The Morgan fingerprint density at radius 3 is 2.42 bits per heavy atom. The Balaban J connectivity index is 1.86. The molecular weight excluding hydrogens is 152 g/mol. The SMILES string of the molecule is CC(=O)N[C@@H]1C[C@H]2CNC[C@H]2C1. The highest BCUT2D eigenvalue weighted by Crippen LogP contribution is 2.34. The van der Waals surface area contributed by atoms with E-state index < -0.39 is 0 Å². The van der Waals surface area contributed by atoms with Gasteiger partial charge in [-0.15, -0.1) is 0 Å². The summed E-state index contributed by atoms with van der Waals surface area (Å²) < 4.78 is 0. The lowest BCUT2D eigenvalue weighted by Crippen LogP contribution is -2.32. The second-order valence-corrected chi connectivity index (χ2v) is 4.05. The van der Waals surface area contributed by atoms with Gasteiger partial charge in [-0.2, -0.15) is 0 Å². The van der Waals surface area contributed by atoms with E-state index >= 15 is 0 Å². The number of nitrogens with one attached hydrogen (secondary N) is 2. The summed E-state index contributed by atoms with van der Waals surface area (Å²) in [5, 5.41) is 6.39. The molecule has 0 aromatic carbocycles. The first-order valence-corrected chi connectivity index (χ1v) is 4.73.